The predicted molar refractivity (Wildman–Crippen MR) is 50.1 cm³/mol. The van der Waals surface area contributed by atoms with Gasteiger partial charge in [0.1, 0.15) is 12.4 Å². The Morgan fingerprint density at radius 3 is 3.00 bits per heavy atom. The molecule has 0 heterocycles. The van der Waals surface area contributed by atoms with Crippen LogP contribution in [0.3, 0.4) is 0 Å². The Kier molecular flexibility index (Phi) is 3.69. The number of carbonyl (C=O) groups excluding carboxylic acids is 1. The first-order valence-electron chi connectivity index (χ1n) is 4.10. The quantitative estimate of drug-likeness (QED) is 0.416. The van der Waals surface area contributed by atoms with Gasteiger partial charge in [-0.1, -0.05) is 6.07 Å². The number of terminal acetylenes is 1. The van der Waals surface area contributed by atoms with Crippen molar-refractivity contribution >= 4 is 5.97 Å². The van der Waals surface area contributed by atoms with Gasteiger partial charge in [-0.25, -0.2) is 9.18 Å². The number of carbonyl (C=O) groups is 1. The van der Waals surface area contributed by atoms with Crippen LogP contribution in [0.25, 0.3) is 0 Å². The average Bonchev–Trinajstić information content (AvgIpc) is 2.18. The summed E-state index contributed by atoms with van der Waals surface area (Å²) in [5.74, 6) is 1.32. The smallest absolute Gasteiger partial charge is 0.338 e. The molecule has 0 saturated carbocycles. The molecule has 0 amide bonds. The molecule has 0 unspecified atom stereocenters. The van der Waals surface area contributed by atoms with E-state index in [4.69, 9.17) is 11.2 Å². The number of ether oxygens (including phenoxy) is 1. The Morgan fingerprint density at radius 2 is 2.36 bits per heavy atom. The lowest BCUT2D eigenvalue weighted by Crippen LogP contribution is -2.06. The van der Waals surface area contributed by atoms with E-state index in [9.17, 15) is 9.18 Å². The molecule has 3 heteroatoms. The summed E-state index contributed by atoms with van der Waals surface area (Å²) in [4.78, 5) is 11.2. The zero-order valence-corrected chi connectivity index (χ0v) is 7.50. The van der Waals surface area contributed by atoms with E-state index in [0.717, 1.165) is 6.07 Å². The molecule has 0 N–H and O–H groups in total. The first-order chi connectivity index (χ1) is 6.74. The van der Waals surface area contributed by atoms with Gasteiger partial charge >= 0.3 is 5.97 Å². The Bertz CT molecular complexity index is 366. The second-order valence-electron chi connectivity index (χ2n) is 2.60. The molecule has 0 aliphatic carbocycles. The molecule has 1 aromatic rings. The summed E-state index contributed by atoms with van der Waals surface area (Å²) in [6, 6.07) is 5.32. The normalized spacial score (nSPS) is 9.14. The van der Waals surface area contributed by atoms with Gasteiger partial charge in [0.05, 0.1) is 5.56 Å². The maximum Gasteiger partial charge on any atom is 0.338 e. The molecule has 1 aromatic carbocycles. The van der Waals surface area contributed by atoms with Crippen LogP contribution < -0.4 is 0 Å². The molecule has 0 radical (unpaired) electrons. The molecule has 0 atom stereocenters. The SMILES string of the molecule is C#CCCOC(=O)c1cccc(F)c1. The van der Waals surface area contributed by atoms with Gasteiger partial charge in [0.2, 0.25) is 0 Å². The number of halogens is 1. The molecule has 0 aliphatic rings. The van der Waals surface area contributed by atoms with Crippen LogP contribution in [-0.4, -0.2) is 12.6 Å². The van der Waals surface area contributed by atoms with E-state index in [0.29, 0.717) is 6.42 Å². The van der Waals surface area contributed by atoms with Crippen LogP contribution in [0.1, 0.15) is 16.8 Å². The van der Waals surface area contributed by atoms with E-state index in [-0.39, 0.29) is 12.2 Å². The third kappa shape index (κ3) is 2.91. The zero-order chi connectivity index (χ0) is 10.4. The fourth-order valence-corrected chi connectivity index (χ4v) is 0.901. The molecule has 0 bridgehead atoms. The second-order valence-corrected chi connectivity index (χ2v) is 2.60. The van der Waals surface area contributed by atoms with Gasteiger partial charge in [-0.15, -0.1) is 12.3 Å². The van der Waals surface area contributed by atoms with Crippen molar-refractivity contribution in [3.8, 4) is 12.3 Å². The number of esters is 1. The summed E-state index contributed by atoms with van der Waals surface area (Å²) in [6.07, 6.45) is 5.34. The topological polar surface area (TPSA) is 26.3 Å². The first kappa shape index (κ1) is 10.3. The lowest BCUT2D eigenvalue weighted by Gasteiger charge is -2.01. The van der Waals surface area contributed by atoms with Gasteiger partial charge in [-0.2, -0.15) is 0 Å². The van der Waals surface area contributed by atoms with Gasteiger partial charge in [-0.3, -0.25) is 0 Å². The fraction of sp³-hybridized carbons (Fsp3) is 0.182. The molecule has 14 heavy (non-hydrogen) atoms. The Morgan fingerprint density at radius 1 is 1.57 bits per heavy atom. The molecule has 0 aromatic heterocycles. The summed E-state index contributed by atoms with van der Waals surface area (Å²) < 4.78 is 17.5. The molecule has 0 saturated heterocycles. The fourth-order valence-electron chi connectivity index (χ4n) is 0.901. The summed E-state index contributed by atoms with van der Waals surface area (Å²) in [5.41, 5.74) is 0.196. The summed E-state index contributed by atoms with van der Waals surface area (Å²) in [6.45, 7) is 0.159. The van der Waals surface area contributed by atoms with Crippen molar-refractivity contribution in [2.45, 2.75) is 6.42 Å². The van der Waals surface area contributed by atoms with Crippen LogP contribution >= 0.6 is 0 Å². The van der Waals surface area contributed by atoms with Crippen LogP contribution in [0.15, 0.2) is 24.3 Å². The lowest BCUT2D eigenvalue weighted by atomic mass is 10.2. The van der Waals surface area contributed by atoms with Gasteiger partial charge < -0.3 is 4.74 Å². The Balaban J connectivity index is 2.57. The van der Waals surface area contributed by atoms with Crippen molar-refractivity contribution in [3.63, 3.8) is 0 Å². The van der Waals surface area contributed by atoms with Gasteiger partial charge in [0.15, 0.2) is 0 Å². The first-order valence-corrected chi connectivity index (χ1v) is 4.10. The van der Waals surface area contributed by atoms with Crippen molar-refractivity contribution in [2.24, 2.45) is 0 Å². The van der Waals surface area contributed by atoms with Crippen LogP contribution in [0.5, 0.6) is 0 Å². The number of hydrogen-bond donors (Lipinski definition) is 0. The Hall–Kier alpha value is -1.82. The third-order valence-electron chi connectivity index (χ3n) is 1.54. The highest BCUT2D eigenvalue weighted by molar-refractivity contribution is 5.89. The monoisotopic (exact) mass is 192 g/mol. The largest absolute Gasteiger partial charge is 0.461 e. The van der Waals surface area contributed by atoms with Crippen molar-refractivity contribution in [1.82, 2.24) is 0 Å². The maximum absolute atomic E-state index is 12.7. The van der Waals surface area contributed by atoms with Gasteiger partial charge in [0.25, 0.3) is 0 Å². The van der Waals surface area contributed by atoms with E-state index < -0.39 is 11.8 Å². The minimum Gasteiger partial charge on any atom is -0.461 e. The highest BCUT2D eigenvalue weighted by Crippen LogP contribution is 2.05. The van der Waals surface area contributed by atoms with Gasteiger partial charge in [-0.05, 0) is 18.2 Å². The summed E-state index contributed by atoms with van der Waals surface area (Å²) in [7, 11) is 0. The molecule has 2 nitrogen and oxygen atoms in total. The van der Waals surface area contributed by atoms with E-state index >= 15 is 0 Å². The minimum absolute atomic E-state index is 0.159. The van der Waals surface area contributed by atoms with Crippen LogP contribution in [0, 0.1) is 18.2 Å². The average molecular weight is 192 g/mol. The standard InChI is InChI=1S/C11H9FO2/c1-2-3-7-14-11(13)9-5-4-6-10(12)8-9/h1,4-6,8H,3,7H2. The van der Waals surface area contributed by atoms with E-state index in [1.54, 1.807) is 0 Å². The lowest BCUT2D eigenvalue weighted by molar-refractivity contribution is 0.0513. The van der Waals surface area contributed by atoms with Crippen LogP contribution in [0.2, 0.25) is 0 Å². The Labute approximate surface area is 81.7 Å². The van der Waals surface area contributed by atoms with E-state index in [1.807, 2.05) is 0 Å². The molecular weight excluding hydrogens is 183 g/mol. The number of rotatable bonds is 3. The second kappa shape index (κ2) is 5.03. The number of benzene rings is 1. The molecule has 0 fully saturated rings. The molecule has 72 valence electrons. The molecular formula is C11H9FO2. The van der Waals surface area contributed by atoms with Crippen LogP contribution in [0.4, 0.5) is 4.39 Å². The zero-order valence-electron chi connectivity index (χ0n) is 7.50. The maximum atomic E-state index is 12.7. The van der Waals surface area contributed by atoms with Crippen molar-refractivity contribution < 1.29 is 13.9 Å². The predicted octanol–water partition coefficient (Wildman–Crippen LogP) is 2.01. The van der Waals surface area contributed by atoms with Crippen molar-refractivity contribution in [3.05, 3.63) is 35.6 Å². The van der Waals surface area contributed by atoms with Crippen molar-refractivity contribution in [1.29, 1.82) is 0 Å². The van der Waals surface area contributed by atoms with E-state index in [2.05, 4.69) is 5.92 Å². The van der Waals surface area contributed by atoms with Crippen LogP contribution in [-0.2, 0) is 4.74 Å². The molecule has 0 spiro atoms. The molecule has 0 aliphatic heterocycles. The highest BCUT2D eigenvalue weighted by Gasteiger charge is 2.06. The number of hydrogen-bond acceptors (Lipinski definition) is 2. The minimum atomic E-state index is -0.556. The summed E-state index contributed by atoms with van der Waals surface area (Å²) >= 11 is 0. The third-order valence-corrected chi connectivity index (χ3v) is 1.54. The van der Waals surface area contributed by atoms with E-state index in [1.165, 1.54) is 18.2 Å². The highest BCUT2D eigenvalue weighted by atomic mass is 19.1. The molecule has 1 rings (SSSR count). The van der Waals surface area contributed by atoms with Gasteiger partial charge in [0, 0.05) is 6.42 Å². The summed E-state index contributed by atoms with van der Waals surface area (Å²) in [5, 5.41) is 0. The van der Waals surface area contributed by atoms with Crippen molar-refractivity contribution in [2.75, 3.05) is 6.61 Å².